The zero-order valence-corrected chi connectivity index (χ0v) is 18.6. The highest BCUT2D eigenvalue weighted by atomic mass is 16.7. The van der Waals surface area contributed by atoms with E-state index in [0.717, 1.165) is 25.7 Å². The van der Waals surface area contributed by atoms with Crippen LogP contribution in [0.5, 0.6) is 0 Å². The van der Waals surface area contributed by atoms with E-state index in [1.165, 1.54) is 19.3 Å². The van der Waals surface area contributed by atoms with Gasteiger partial charge in [0.15, 0.2) is 5.79 Å². The minimum Gasteiger partial charge on any atom is -0.458 e. The van der Waals surface area contributed by atoms with Crippen LogP contribution in [-0.2, 0) is 19.0 Å². The molecule has 0 unspecified atom stereocenters. The monoisotopic (exact) mass is 404 g/mol. The first kappa shape index (κ1) is 25.4. The van der Waals surface area contributed by atoms with Gasteiger partial charge < -0.3 is 14.2 Å². The molecule has 0 bridgehead atoms. The summed E-state index contributed by atoms with van der Waals surface area (Å²) in [5, 5.41) is 0. The number of hydrogen-bond donors (Lipinski definition) is 0. The van der Waals surface area contributed by atoms with Crippen molar-refractivity contribution in [2.75, 3.05) is 0 Å². The second-order valence-corrected chi connectivity index (χ2v) is 7.96. The van der Waals surface area contributed by atoms with Crippen molar-refractivity contribution in [3.05, 3.63) is 49.6 Å². The molecule has 0 radical (unpaired) electrons. The number of carbonyl (C=O) groups excluding carboxylic acids is 1. The van der Waals surface area contributed by atoms with E-state index in [4.69, 9.17) is 14.2 Å². The van der Waals surface area contributed by atoms with Gasteiger partial charge in [0, 0.05) is 12.8 Å². The van der Waals surface area contributed by atoms with Crippen LogP contribution in [0.3, 0.4) is 0 Å². The van der Waals surface area contributed by atoms with Crippen molar-refractivity contribution in [2.45, 2.75) is 103 Å². The lowest BCUT2D eigenvalue weighted by Gasteiger charge is -2.16. The molecule has 1 aliphatic heterocycles. The van der Waals surface area contributed by atoms with Crippen molar-refractivity contribution in [2.24, 2.45) is 0 Å². The molecule has 3 atom stereocenters. The Morgan fingerprint density at radius 3 is 2.59 bits per heavy atom. The number of allylic oxidation sites excluding steroid dienone is 2. The molecule has 29 heavy (non-hydrogen) atoms. The molecule has 4 nitrogen and oxygen atoms in total. The fourth-order valence-corrected chi connectivity index (χ4v) is 3.25. The molecular weight excluding hydrogens is 364 g/mol. The molecule has 1 aliphatic rings. The molecule has 1 rings (SSSR count). The second kappa shape index (κ2) is 14.4. The van der Waals surface area contributed by atoms with E-state index in [1.54, 1.807) is 6.08 Å². The molecule has 1 fully saturated rings. The van der Waals surface area contributed by atoms with Crippen LogP contribution in [0, 0.1) is 0 Å². The predicted molar refractivity (Wildman–Crippen MR) is 120 cm³/mol. The van der Waals surface area contributed by atoms with E-state index in [2.05, 4.69) is 32.2 Å². The molecule has 0 aromatic heterocycles. The molecule has 0 N–H and O–H groups in total. The zero-order chi connectivity index (χ0) is 21.5. The maximum Gasteiger partial charge on any atom is 0.306 e. The Balaban J connectivity index is 2.62. The Kier molecular flexibility index (Phi) is 12.6. The number of ether oxygens (including phenoxy) is 3. The van der Waals surface area contributed by atoms with Gasteiger partial charge in [-0.15, -0.1) is 13.2 Å². The van der Waals surface area contributed by atoms with Crippen molar-refractivity contribution < 1.29 is 19.0 Å². The van der Waals surface area contributed by atoms with E-state index in [9.17, 15) is 4.79 Å². The summed E-state index contributed by atoms with van der Waals surface area (Å²) < 4.78 is 17.7. The summed E-state index contributed by atoms with van der Waals surface area (Å²) in [6.07, 6.45) is 19.5. The summed E-state index contributed by atoms with van der Waals surface area (Å²) in [5.41, 5.74) is 0. The quantitative estimate of drug-likeness (QED) is 0.179. The predicted octanol–water partition coefficient (Wildman–Crippen LogP) is 6.43. The van der Waals surface area contributed by atoms with Crippen LogP contribution in [0.15, 0.2) is 49.6 Å². The minimum atomic E-state index is -0.620. The van der Waals surface area contributed by atoms with E-state index in [0.29, 0.717) is 12.8 Å². The van der Waals surface area contributed by atoms with Gasteiger partial charge in [-0.3, -0.25) is 4.79 Å². The molecule has 0 saturated carbocycles. The van der Waals surface area contributed by atoms with Crippen molar-refractivity contribution in [3.63, 3.8) is 0 Å². The lowest BCUT2D eigenvalue weighted by atomic mass is 10.1. The molecule has 0 aromatic carbocycles. The number of hydrogen-bond acceptors (Lipinski definition) is 4. The fraction of sp³-hybridized carbons (Fsp3) is 0.640. The summed E-state index contributed by atoms with van der Waals surface area (Å²) >= 11 is 0. The average Bonchev–Trinajstić information content (AvgIpc) is 2.96. The smallest absolute Gasteiger partial charge is 0.306 e. The normalized spacial score (nSPS) is 22.2. The van der Waals surface area contributed by atoms with Crippen molar-refractivity contribution in [1.82, 2.24) is 0 Å². The Morgan fingerprint density at radius 1 is 1.10 bits per heavy atom. The third-order valence-electron chi connectivity index (χ3n) is 4.72. The summed E-state index contributed by atoms with van der Waals surface area (Å²) in [4.78, 5) is 12.0. The Bertz CT molecular complexity index is 547. The topological polar surface area (TPSA) is 44.8 Å². The van der Waals surface area contributed by atoms with Gasteiger partial charge in [0.25, 0.3) is 0 Å². The average molecular weight is 405 g/mol. The van der Waals surface area contributed by atoms with E-state index < -0.39 is 5.79 Å². The molecule has 1 heterocycles. The Morgan fingerprint density at radius 2 is 1.90 bits per heavy atom. The van der Waals surface area contributed by atoms with Crippen LogP contribution >= 0.6 is 0 Å². The molecule has 1 saturated heterocycles. The van der Waals surface area contributed by atoms with Crippen LogP contribution in [0.1, 0.15) is 78.6 Å². The molecule has 0 aliphatic carbocycles. The SMILES string of the molecule is C=CCCCC(=O)O[C@H](/C=C/[C@@H]1OC(C)(C)O[C@@H]1C/C=C\CCCCC)CC=C. The Labute approximate surface area is 177 Å². The van der Waals surface area contributed by atoms with Gasteiger partial charge in [-0.25, -0.2) is 0 Å². The van der Waals surface area contributed by atoms with Crippen LogP contribution in [0.4, 0.5) is 0 Å². The number of rotatable bonds is 15. The highest BCUT2D eigenvalue weighted by Crippen LogP contribution is 2.31. The molecular formula is C25H40O4. The second-order valence-electron chi connectivity index (χ2n) is 7.96. The summed E-state index contributed by atoms with van der Waals surface area (Å²) in [7, 11) is 0. The summed E-state index contributed by atoms with van der Waals surface area (Å²) in [6, 6.07) is 0. The van der Waals surface area contributed by atoms with Crippen LogP contribution in [0.2, 0.25) is 0 Å². The van der Waals surface area contributed by atoms with Crippen molar-refractivity contribution >= 4 is 5.97 Å². The van der Waals surface area contributed by atoms with Crippen LogP contribution in [-0.4, -0.2) is 30.1 Å². The van der Waals surface area contributed by atoms with Crippen LogP contribution < -0.4 is 0 Å². The van der Waals surface area contributed by atoms with Gasteiger partial charge in [0.05, 0.1) is 6.10 Å². The molecule has 4 heteroatoms. The zero-order valence-electron chi connectivity index (χ0n) is 18.6. The third kappa shape index (κ3) is 11.2. The van der Waals surface area contributed by atoms with Gasteiger partial charge in [-0.2, -0.15) is 0 Å². The number of esters is 1. The summed E-state index contributed by atoms with van der Waals surface area (Å²) in [6.45, 7) is 13.5. The van der Waals surface area contributed by atoms with E-state index >= 15 is 0 Å². The minimum absolute atomic E-state index is 0.0450. The van der Waals surface area contributed by atoms with Crippen molar-refractivity contribution in [3.8, 4) is 0 Å². The van der Waals surface area contributed by atoms with Crippen molar-refractivity contribution in [1.29, 1.82) is 0 Å². The molecule has 164 valence electrons. The molecule has 0 amide bonds. The molecule has 0 spiro atoms. The van der Waals surface area contributed by atoms with Gasteiger partial charge in [0.2, 0.25) is 0 Å². The first-order valence-corrected chi connectivity index (χ1v) is 11.0. The fourth-order valence-electron chi connectivity index (χ4n) is 3.25. The highest BCUT2D eigenvalue weighted by molar-refractivity contribution is 5.69. The maximum atomic E-state index is 12.0. The van der Waals surface area contributed by atoms with E-state index in [1.807, 2.05) is 32.1 Å². The van der Waals surface area contributed by atoms with Gasteiger partial charge >= 0.3 is 5.97 Å². The highest BCUT2D eigenvalue weighted by Gasteiger charge is 2.39. The first-order valence-electron chi connectivity index (χ1n) is 11.0. The molecule has 0 aromatic rings. The first-order chi connectivity index (χ1) is 13.9. The summed E-state index contributed by atoms with van der Waals surface area (Å²) in [5.74, 6) is -0.816. The lowest BCUT2D eigenvalue weighted by Crippen LogP contribution is -2.21. The van der Waals surface area contributed by atoms with Crippen LogP contribution in [0.25, 0.3) is 0 Å². The third-order valence-corrected chi connectivity index (χ3v) is 4.72. The maximum absolute atomic E-state index is 12.0. The Hall–Kier alpha value is -1.65. The lowest BCUT2D eigenvalue weighted by molar-refractivity contribution is -0.147. The van der Waals surface area contributed by atoms with Gasteiger partial charge in [0.1, 0.15) is 12.2 Å². The van der Waals surface area contributed by atoms with Gasteiger partial charge in [-0.05, 0) is 52.0 Å². The van der Waals surface area contributed by atoms with E-state index in [-0.39, 0.29) is 24.3 Å². The largest absolute Gasteiger partial charge is 0.458 e. The number of carbonyl (C=O) groups is 1. The standard InChI is InChI=1S/C25H40O4/c1-6-9-11-12-13-15-17-22-23(29-25(4,5)28-22)20-19-21(16-8-3)27-24(26)18-14-10-7-2/h7-8,13,15,19-23H,2-3,6,9-12,14,16-18H2,1,4-5H3/b15-13-,20-19+/t21-,22+,23-/m0/s1. The van der Waals surface area contributed by atoms with Gasteiger partial charge in [-0.1, -0.05) is 50.1 Å². The number of unbranched alkanes of at least 4 members (excludes halogenated alkanes) is 4.